The van der Waals surface area contributed by atoms with Gasteiger partial charge in [0.05, 0.1) is 11.6 Å². The van der Waals surface area contributed by atoms with E-state index >= 15 is 0 Å². The lowest BCUT2D eigenvalue weighted by molar-refractivity contribution is 0.108. The molecule has 0 bridgehead atoms. The van der Waals surface area contributed by atoms with E-state index in [0.717, 1.165) is 13.0 Å². The molecule has 0 spiro atoms. The summed E-state index contributed by atoms with van der Waals surface area (Å²) in [6.07, 6.45) is 0.782. The molecule has 0 aromatic heterocycles. The first-order valence-electron chi connectivity index (χ1n) is 7.57. The van der Waals surface area contributed by atoms with Gasteiger partial charge in [-0.25, -0.2) is 4.79 Å². The van der Waals surface area contributed by atoms with Gasteiger partial charge >= 0.3 is 6.03 Å². The van der Waals surface area contributed by atoms with Crippen molar-refractivity contribution in [3.05, 3.63) is 23.2 Å². The van der Waals surface area contributed by atoms with Gasteiger partial charge in [0, 0.05) is 25.4 Å². The van der Waals surface area contributed by atoms with Crippen LogP contribution in [0.15, 0.2) is 18.2 Å². The van der Waals surface area contributed by atoms with Crippen LogP contribution in [0.25, 0.3) is 0 Å². The summed E-state index contributed by atoms with van der Waals surface area (Å²) in [6, 6.07) is 4.89. The predicted molar refractivity (Wildman–Crippen MR) is 89.9 cm³/mol. The number of hydrogen-bond donors (Lipinski definition) is 2. The van der Waals surface area contributed by atoms with Crippen molar-refractivity contribution in [1.29, 1.82) is 0 Å². The van der Waals surface area contributed by atoms with Crippen LogP contribution in [0.5, 0.6) is 5.75 Å². The average molecular weight is 329 g/mol. The molecule has 0 fully saturated rings. The highest BCUT2D eigenvalue weighted by Gasteiger charge is 2.05. The van der Waals surface area contributed by atoms with E-state index in [1.54, 1.807) is 18.2 Å². The Morgan fingerprint density at radius 2 is 2.14 bits per heavy atom. The van der Waals surface area contributed by atoms with Crippen molar-refractivity contribution in [3.8, 4) is 5.75 Å². The first-order chi connectivity index (χ1) is 10.5. The zero-order valence-corrected chi connectivity index (χ0v) is 14.2. The van der Waals surface area contributed by atoms with Crippen LogP contribution in [0.1, 0.15) is 27.2 Å². The largest absolute Gasteiger partial charge is 0.492 e. The highest BCUT2D eigenvalue weighted by Crippen LogP contribution is 2.27. The number of carbonyl (C=O) groups excluding carboxylic acids is 1. The van der Waals surface area contributed by atoms with Gasteiger partial charge in [0.2, 0.25) is 0 Å². The first-order valence-corrected chi connectivity index (χ1v) is 7.95. The Bertz CT molecular complexity index is 467. The topological polar surface area (TPSA) is 59.6 Å². The van der Waals surface area contributed by atoms with E-state index in [1.807, 2.05) is 6.92 Å². The normalized spacial score (nSPS) is 10.6. The summed E-state index contributed by atoms with van der Waals surface area (Å²) in [5.41, 5.74) is 0.627. The van der Waals surface area contributed by atoms with Crippen molar-refractivity contribution in [2.45, 2.75) is 27.2 Å². The molecule has 6 heteroatoms. The summed E-state index contributed by atoms with van der Waals surface area (Å²) in [5.74, 6) is 1.14. The second-order valence-corrected chi connectivity index (χ2v) is 5.69. The molecule has 0 saturated heterocycles. The Morgan fingerprint density at radius 1 is 1.36 bits per heavy atom. The van der Waals surface area contributed by atoms with E-state index in [0.29, 0.717) is 42.1 Å². The Labute approximate surface area is 137 Å². The number of anilines is 1. The van der Waals surface area contributed by atoms with E-state index in [4.69, 9.17) is 21.1 Å². The molecule has 1 aromatic carbocycles. The molecule has 0 radical (unpaired) electrons. The van der Waals surface area contributed by atoms with Crippen LogP contribution in [0.4, 0.5) is 10.5 Å². The number of hydrogen-bond acceptors (Lipinski definition) is 3. The molecular formula is C16H25ClN2O3. The molecule has 124 valence electrons. The third-order valence-corrected chi connectivity index (χ3v) is 2.99. The number of ether oxygens (including phenoxy) is 2. The molecule has 5 nitrogen and oxygen atoms in total. The molecule has 0 aliphatic heterocycles. The molecule has 0 aliphatic rings. The van der Waals surface area contributed by atoms with Crippen molar-refractivity contribution >= 4 is 23.3 Å². The number of carbonyl (C=O) groups is 1. The summed E-state index contributed by atoms with van der Waals surface area (Å²) in [6.45, 7) is 8.60. The van der Waals surface area contributed by atoms with Crippen molar-refractivity contribution < 1.29 is 14.3 Å². The second-order valence-electron chi connectivity index (χ2n) is 5.28. The van der Waals surface area contributed by atoms with Gasteiger partial charge in [-0.1, -0.05) is 25.4 Å². The maximum absolute atomic E-state index is 11.7. The smallest absolute Gasteiger partial charge is 0.319 e. The molecule has 2 amide bonds. The molecule has 1 aromatic rings. The summed E-state index contributed by atoms with van der Waals surface area (Å²) in [4.78, 5) is 11.7. The molecule has 0 atom stereocenters. The number of benzene rings is 1. The summed E-state index contributed by atoms with van der Waals surface area (Å²) >= 11 is 6.07. The van der Waals surface area contributed by atoms with Crippen LogP contribution in [0, 0.1) is 5.92 Å². The summed E-state index contributed by atoms with van der Waals surface area (Å²) < 4.78 is 10.8. The number of urea groups is 1. The van der Waals surface area contributed by atoms with E-state index < -0.39 is 0 Å². The highest BCUT2D eigenvalue weighted by molar-refractivity contribution is 6.32. The minimum absolute atomic E-state index is 0.260. The Kier molecular flexibility index (Phi) is 8.70. The quantitative estimate of drug-likeness (QED) is 0.675. The van der Waals surface area contributed by atoms with Gasteiger partial charge in [-0.05, 0) is 37.5 Å². The van der Waals surface area contributed by atoms with Crippen LogP contribution in [0.3, 0.4) is 0 Å². The average Bonchev–Trinajstić information content (AvgIpc) is 2.45. The van der Waals surface area contributed by atoms with E-state index in [2.05, 4.69) is 24.5 Å². The molecule has 0 aliphatic carbocycles. The van der Waals surface area contributed by atoms with Gasteiger partial charge < -0.3 is 20.1 Å². The number of rotatable bonds is 9. The van der Waals surface area contributed by atoms with Crippen LogP contribution >= 0.6 is 11.6 Å². The lowest BCUT2D eigenvalue weighted by Gasteiger charge is -2.10. The van der Waals surface area contributed by atoms with E-state index in [1.165, 1.54) is 0 Å². The molecule has 2 N–H and O–H groups in total. The SMILES string of the molecule is CCOc1ccc(NC(=O)NCCCOCC(C)C)cc1Cl. The summed E-state index contributed by atoms with van der Waals surface area (Å²) in [7, 11) is 0. The molecule has 0 saturated carbocycles. The second kappa shape index (κ2) is 10.3. The monoisotopic (exact) mass is 328 g/mol. The Hall–Kier alpha value is -1.46. The summed E-state index contributed by atoms with van der Waals surface area (Å²) in [5, 5.41) is 5.98. The van der Waals surface area contributed by atoms with Crippen LogP contribution < -0.4 is 15.4 Å². The van der Waals surface area contributed by atoms with E-state index in [9.17, 15) is 4.79 Å². The van der Waals surface area contributed by atoms with Crippen molar-refractivity contribution in [3.63, 3.8) is 0 Å². The van der Waals surface area contributed by atoms with Gasteiger partial charge in [-0.3, -0.25) is 0 Å². The van der Waals surface area contributed by atoms with Gasteiger partial charge in [-0.2, -0.15) is 0 Å². The minimum Gasteiger partial charge on any atom is -0.492 e. The first kappa shape index (κ1) is 18.6. The zero-order chi connectivity index (χ0) is 16.4. The van der Waals surface area contributed by atoms with Gasteiger partial charge in [-0.15, -0.1) is 0 Å². The fourth-order valence-corrected chi connectivity index (χ4v) is 1.96. The Morgan fingerprint density at radius 3 is 2.77 bits per heavy atom. The van der Waals surface area contributed by atoms with Gasteiger partial charge in [0.15, 0.2) is 0 Å². The van der Waals surface area contributed by atoms with Gasteiger partial charge in [0.25, 0.3) is 0 Å². The third kappa shape index (κ3) is 7.52. The standard InChI is InChI=1S/C16H25ClN2O3/c1-4-22-15-7-6-13(10-14(15)17)19-16(20)18-8-5-9-21-11-12(2)3/h6-7,10,12H,4-5,8-9,11H2,1-3H3,(H2,18,19,20). The van der Waals surface area contributed by atoms with Crippen molar-refractivity contribution in [2.24, 2.45) is 5.92 Å². The molecule has 1 rings (SSSR count). The Balaban J connectivity index is 2.26. The lowest BCUT2D eigenvalue weighted by Crippen LogP contribution is -2.30. The molecule has 22 heavy (non-hydrogen) atoms. The molecular weight excluding hydrogens is 304 g/mol. The van der Waals surface area contributed by atoms with Crippen LogP contribution in [0.2, 0.25) is 5.02 Å². The fraction of sp³-hybridized carbons (Fsp3) is 0.562. The maximum Gasteiger partial charge on any atom is 0.319 e. The van der Waals surface area contributed by atoms with Gasteiger partial charge in [0.1, 0.15) is 5.75 Å². The molecule has 0 heterocycles. The van der Waals surface area contributed by atoms with Crippen LogP contribution in [-0.2, 0) is 4.74 Å². The van der Waals surface area contributed by atoms with E-state index in [-0.39, 0.29) is 6.03 Å². The van der Waals surface area contributed by atoms with Crippen LogP contribution in [-0.4, -0.2) is 32.4 Å². The minimum atomic E-state index is -0.260. The fourth-order valence-electron chi connectivity index (χ4n) is 1.72. The zero-order valence-electron chi connectivity index (χ0n) is 13.4. The number of amides is 2. The highest BCUT2D eigenvalue weighted by atomic mass is 35.5. The maximum atomic E-state index is 11.7. The number of halogens is 1. The predicted octanol–water partition coefficient (Wildman–Crippen LogP) is 3.92. The number of nitrogens with one attached hydrogen (secondary N) is 2. The van der Waals surface area contributed by atoms with Crippen molar-refractivity contribution in [2.75, 3.05) is 31.7 Å². The van der Waals surface area contributed by atoms with Crippen molar-refractivity contribution in [1.82, 2.24) is 5.32 Å². The third-order valence-electron chi connectivity index (χ3n) is 2.69. The molecule has 0 unspecified atom stereocenters. The lowest BCUT2D eigenvalue weighted by atomic mass is 10.2.